The van der Waals surface area contributed by atoms with Gasteiger partial charge in [-0.2, -0.15) is 0 Å². The van der Waals surface area contributed by atoms with Crippen molar-refractivity contribution >= 4 is 41.8 Å². The van der Waals surface area contributed by atoms with Crippen LogP contribution in [0.5, 0.6) is 5.75 Å². The highest BCUT2D eigenvalue weighted by Gasteiger charge is 2.30. The molecule has 1 aliphatic heterocycles. The molecule has 4 nitrogen and oxygen atoms in total. The maximum Gasteiger partial charge on any atom is 0.597 e. The Hall–Kier alpha value is -3.19. The molecule has 0 bridgehead atoms. The number of hydrogen-bond donors (Lipinski definition) is 0. The summed E-state index contributed by atoms with van der Waals surface area (Å²) in [6, 6.07) is 30.8. The Bertz CT molecular complexity index is 1540. The Balaban J connectivity index is 0.000000132. The molecule has 1 aromatic heterocycles. The van der Waals surface area contributed by atoms with Gasteiger partial charge in [-0.1, -0.05) is 66.7 Å². The van der Waals surface area contributed by atoms with Gasteiger partial charge in [0.1, 0.15) is 5.75 Å². The lowest BCUT2D eigenvalue weighted by molar-refractivity contribution is 0.497. The zero-order chi connectivity index (χ0) is 21.4. The Morgan fingerprint density at radius 2 is 1.32 bits per heavy atom. The van der Waals surface area contributed by atoms with Crippen LogP contribution in [0.3, 0.4) is 0 Å². The van der Waals surface area contributed by atoms with Crippen molar-refractivity contribution < 1.29 is 17.9 Å². The predicted molar refractivity (Wildman–Crippen MR) is 127 cm³/mol. The molecule has 6 rings (SSSR count). The molecule has 0 fully saturated rings. The van der Waals surface area contributed by atoms with Gasteiger partial charge in [-0.25, -0.2) is 4.20 Å². The summed E-state index contributed by atoms with van der Waals surface area (Å²) in [6.07, 6.45) is 0. The normalized spacial score (nSPS) is 17.1. The molecular weight excluding hydrogens is 426 g/mol. The molecule has 5 aromatic rings. The number of hydrogen-bond acceptors (Lipinski definition) is 4. The lowest BCUT2D eigenvalue weighted by atomic mass is 10.0. The van der Waals surface area contributed by atoms with E-state index in [4.69, 9.17) is 8.72 Å². The Kier molecular flexibility index (Phi) is 4.98. The fraction of sp³-hybridized carbons (Fsp3) is 0.0400. The highest BCUT2D eigenvalue weighted by atomic mass is 31.2. The van der Waals surface area contributed by atoms with E-state index >= 15 is 0 Å². The molecule has 0 amide bonds. The molecule has 6 heteroatoms. The summed E-state index contributed by atoms with van der Waals surface area (Å²) in [4.78, 5) is 0. The van der Waals surface area contributed by atoms with Crippen molar-refractivity contribution in [1.82, 2.24) is 0 Å². The van der Waals surface area contributed by atoms with Gasteiger partial charge in [-0.15, -0.1) is 0 Å². The van der Waals surface area contributed by atoms with E-state index in [9.17, 15) is 9.13 Å². The zero-order valence-electron chi connectivity index (χ0n) is 16.8. The fourth-order valence-electron chi connectivity index (χ4n) is 3.83. The van der Waals surface area contributed by atoms with Gasteiger partial charge in [0.2, 0.25) is 5.12 Å². The van der Waals surface area contributed by atoms with Crippen LogP contribution in [-0.4, -0.2) is 6.66 Å². The van der Waals surface area contributed by atoms with Crippen molar-refractivity contribution in [3.8, 4) is 16.9 Å². The van der Waals surface area contributed by atoms with E-state index in [1.165, 1.54) is 0 Å². The lowest BCUT2D eigenvalue weighted by Gasteiger charge is -2.25. The second kappa shape index (κ2) is 7.81. The van der Waals surface area contributed by atoms with Crippen molar-refractivity contribution in [2.45, 2.75) is 0 Å². The molecule has 4 aromatic carbocycles. The summed E-state index contributed by atoms with van der Waals surface area (Å²) in [7, 11) is -4.45. The number of rotatable bonds is 0. The van der Waals surface area contributed by atoms with Crippen molar-refractivity contribution in [2.24, 2.45) is 0 Å². The molecule has 152 valence electrons. The van der Waals surface area contributed by atoms with Crippen LogP contribution in [0.25, 0.3) is 32.6 Å². The maximum atomic E-state index is 12.4. The molecule has 0 aliphatic carbocycles. The van der Waals surface area contributed by atoms with E-state index in [0.29, 0.717) is 11.3 Å². The standard InChI is InChI=1S/C13H11O2P.C12H8O2P/c1-16(14)13-9-5-3-7-11(13)10-6-2-4-8-12(10)15-16;13-15-12-8-4-2-6-10(12)9-5-1-3-7-11(9)14-15/h2-9H,1H3;1-8H/q;+1. The smallest absolute Gasteiger partial charge is 0.439 e. The van der Waals surface area contributed by atoms with Crippen LogP contribution < -0.4 is 9.83 Å². The van der Waals surface area contributed by atoms with Crippen LogP contribution in [0.4, 0.5) is 0 Å². The second-order valence-corrected chi connectivity index (χ2v) is 10.8. The van der Waals surface area contributed by atoms with Gasteiger partial charge in [-0.3, -0.25) is 4.57 Å². The van der Waals surface area contributed by atoms with Gasteiger partial charge in [0.25, 0.3) is 7.37 Å². The van der Waals surface area contributed by atoms with Crippen LogP contribution >= 0.6 is 15.0 Å². The quantitative estimate of drug-likeness (QED) is 0.182. The highest BCUT2D eigenvalue weighted by molar-refractivity contribution is 7.67. The average molecular weight is 445 g/mol. The van der Waals surface area contributed by atoms with Crippen molar-refractivity contribution in [3.63, 3.8) is 0 Å². The van der Waals surface area contributed by atoms with E-state index in [0.717, 1.165) is 32.3 Å². The first-order valence-corrected chi connectivity index (χ1v) is 13.1. The van der Waals surface area contributed by atoms with E-state index < -0.39 is 15.0 Å². The van der Waals surface area contributed by atoms with Crippen molar-refractivity contribution in [1.29, 1.82) is 0 Å². The van der Waals surface area contributed by atoms with Crippen LogP contribution in [0.2, 0.25) is 0 Å². The maximum absolute atomic E-state index is 12.4. The van der Waals surface area contributed by atoms with E-state index in [1.807, 2.05) is 97.1 Å². The third-order valence-electron chi connectivity index (χ3n) is 5.25. The molecule has 2 heterocycles. The Labute approximate surface area is 180 Å². The molecule has 0 radical (unpaired) electrons. The molecular formula is C25H19O4P2+. The molecule has 31 heavy (non-hydrogen) atoms. The predicted octanol–water partition coefficient (Wildman–Crippen LogP) is 7.61. The van der Waals surface area contributed by atoms with Gasteiger partial charge in [0, 0.05) is 23.0 Å². The molecule has 2 unspecified atom stereocenters. The highest BCUT2D eigenvalue weighted by Crippen LogP contribution is 2.51. The monoisotopic (exact) mass is 445 g/mol. The Morgan fingerprint density at radius 1 is 0.710 bits per heavy atom. The molecule has 1 aliphatic rings. The summed E-state index contributed by atoms with van der Waals surface area (Å²) >= 11 is 0. The van der Waals surface area contributed by atoms with Gasteiger partial charge in [0.05, 0.1) is 5.30 Å². The average Bonchev–Trinajstić information content (AvgIpc) is 2.80. The molecule has 0 spiro atoms. The third kappa shape index (κ3) is 3.59. The van der Waals surface area contributed by atoms with Crippen LogP contribution in [0.1, 0.15) is 0 Å². The number of para-hydroxylation sites is 2. The second-order valence-electron chi connectivity index (χ2n) is 7.31. The molecule has 2 atom stereocenters. The minimum absolute atomic E-state index is 0.706. The molecule has 0 saturated heterocycles. The first-order chi connectivity index (χ1) is 15.0. The van der Waals surface area contributed by atoms with Gasteiger partial charge in [0.15, 0.2) is 5.58 Å². The van der Waals surface area contributed by atoms with Gasteiger partial charge < -0.3 is 4.52 Å². The van der Waals surface area contributed by atoms with Crippen LogP contribution in [0.15, 0.2) is 101 Å². The summed E-state index contributed by atoms with van der Waals surface area (Å²) < 4.78 is 35.1. The van der Waals surface area contributed by atoms with Crippen molar-refractivity contribution in [2.75, 3.05) is 6.66 Å². The minimum atomic E-state index is -2.71. The number of fused-ring (bicyclic) bond motifs is 6. The molecule has 0 N–H and O–H groups in total. The van der Waals surface area contributed by atoms with E-state index in [-0.39, 0.29) is 0 Å². The summed E-state index contributed by atoms with van der Waals surface area (Å²) in [5, 5.41) is 3.63. The summed E-state index contributed by atoms with van der Waals surface area (Å²) in [6.45, 7) is 1.67. The third-order valence-corrected chi connectivity index (χ3v) is 8.21. The first kappa shape index (κ1) is 19.8. The topological polar surface area (TPSA) is 56.5 Å². The van der Waals surface area contributed by atoms with Crippen LogP contribution in [-0.2, 0) is 9.13 Å². The largest absolute Gasteiger partial charge is 0.597 e. The van der Waals surface area contributed by atoms with E-state index in [2.05, 4.69) is 0 Å². The van der Waals surface area contributed by atoms with Gasteiger partial charge in [-0.05, 0) is 40.5 Å². The summed E-state index contributed by atoms with van der Waals surface area (Å²) in [5.41, 5.74) is 2.75. The van der Waals surface area contributed by atoms with Gasteiger partial charge >= 0.3 is 7.65 Å². The minimum Gasteiger partial charge on any atom is -0.439 e. The SMILES string of the molecule is CP1(=O)Oc2ccccc2-c2ccccc21.O=[p+]1oc2ccccc2c2ccccc21. The molecule has 0 saturated carbocycles. The lowest BCUT2D eigenvalue weighted by Crippen LogP contribution is -2.16. The van der Waals surface area contributed by atoms with Crippen LogP contribution in [0, 0.1) is 0 Å². The summed E-state index contributed by atoms with van der Waals surface area (Å²) in [5.74, 6) is 0.715. The fourth-order valence-corrected chi connectivity index (χ4v) is 6.49. The Morgan fingerprint density at radius 3 is 2.16 bits per heavy atom. The van der Waals surface area contributed by atoms with E-state index in [1.54, 1.807) is 6.66 Å². The van der Waals surface area contributed by atoms with Crippen molar-refractivity contribution in [3.05, 3.63) is 97.1 Å². The first-order valence-electron chi connectivity index (χ1n) is 9.84. The zero-order valence-corrected chi connectivity index (χ0v) is 18.6. The number of benzene rings is 4.